The van der Waals surface area contributed by atoms with Crippen LogP contribution in [0.2, 0.25) is 0 Å². The predicted molar refractivity (Wildman–Crippen MR) is 145 cm³/mol. The van der Waals surface area contributed by atoms with E-state index >= 15 is 0 Å². The number of fused-ring (bicyclic) bond motifs is 1. The van der Waals surface area contributed by atoms with Crippen LogP contribution in [0.3, 0.4) is 0 Å². The second kappa shape index (κ2) is 12.2. The van der Waals surface area contributed by atoms with Gasteiger partial charge in [-0.3, -0.25) is 14.4 Å². The van der Waals surface area contributed by atoms with Crippen molar-refractivity contribution in [2.24, 2.45) is 29.6 Å². The summed E-state index contributed by atoms with van der Waals surface area (Å²) >= 11 is 0. The van der Waals surface area contributed by atoms with Crippen LogP contribution in [0.1, 0.15) is 74.7 Å². The lowest BCUT2D eigenvalue weighted by molar-refractivity contribution is -0.180. The van der Waals surface area contributed by atoms with Crippen molar-refractivity contribution >= 4 is 23.7 Å². The molecule has 3 rings (SSSR count). The summed E-state index contributed by atoms with van der Waals surface area (Å²) in [6.45, 7) is 19.4. The van der Waals surface area contributed by atoms with Gasteiger partial charge < -0.3 is 18.9 Å². The minimum absolute atomic E-state index is 0.305. The quantitative estimate of drug-likeness (QED) is 0.126. The topological polar surface area (TPSA) is 109 Å². The Balaban J connectivity index is 2.14. The van der Waals surface area contributed by atoms with Crippen LogP contribution in [-0.2, 0) is 38.1 Å². The Morgan fingerprint density at radius 3 is 2.03 bits per heavy atom. The first-order valence-corrected chi connectivity index (χ1v) is 14.2. The maximum absolute atomic E-state index is 13.7. The SMILES string of the molecule is C=C1[C@@H]2[C@H](/C(=C/C)C(=O)[C@@H]2OC(=O)[C@@H](C)CC)[C@@H]([C@@]2(C)CO2)[C@H](OC(=O)/C=C(/C)CC)[C@@H]1OC(=O)[C@@H](C)CC. The van der Waals surface area contributed by atoms with Gasteiger partial charge in [-0.1, -0.05) is 52.8 Å². The summed E-state index contributed by atoms with van der Waals surface area (Å²) in [4.78, 5) is 52.7. The number of carbonyl (C=O) groups excluding carboxylic acids is 4. The number of epoxide rings is 1. The molecule has 3 fully saturated rings. The molecule has 3 aliphatic rings. The molecule has 8 heteroatoms. The van der Waals surface area contributed by atoms with Crippen molar-refractivity contribution in [1.82, 2.24) is 0 Å². The number of hydrogen-bond donors (Lipinski definition) is 0. The van der Waals surface area contributed by atoms with E-state index in [0.717, 1.165) is 5.57 Å². The van der Waals surface area contributed by atoms with Gasteiger partial charge in [-0.2, -0.15) is 0 Å². The summed E-state index contributed by atoms with van der Waals surface area (Å²) < 4.78 is 23.8. The average Bonchev–Trinajstić information content (AvgIpc) is 3.59. The molecule has 0 spiro atoms. The van der Waals surface area contributed by atoms with E-state index in [-0.39, 0.29) is 11.7 Å². The van der Waals surface area contributed by atoms with E-state index in [4.69, 9.17) is 18.9 Å². The third-order valence-corrected chi connectivity index (χ3v) is 8.75. The van der Waals surface area contributed by atoms with E-state index in [1.54, 1.807) is 26.8 Å². The van der Waals surface area contributed by atoms with Gasteiger partial charge in [0.2, 0.25) is 0 Å². The van der Waals surface area contributed by atoms with Crippen LogP contribution in [0.5, 0.6) is 0 Å². The normalized spacial score (nSPS) is 34.8. The molecule has 39 heavy (non-hydrogen) atoms. The second-order valence-corrected chi connectivity index (χ2v) is 11.4. The Morgan fingerprint density at radius 2 is 1.56 bits per heavy atom. The first kappa shape index (κ1) is 30.8. The van der Waals surface area contributed by atoms with Gasteiger partial charge in [-0.05, 0) is 51.2 Å². The molecule has 0 aromatic heterocycles. The third-order valence-electron chi connectivity index (χ3n) is 8.75. The predicted octanol–water partition coefficient (Wildman–Crippen LogP) is 4.91. The first-order valence-electron chi connectivity index (χ1n) is 14.2. The van der Waals surface area contributed by atoms with Gasteiger partial charge in [0, 0.05) is 23.8 Å². The molecular weight excluding hydrogens is 500 g/mol. The second-order valence-electron chi connectivity index (χ2n) is 11.4. The summed E-state index contributed by atoms with van der Waals surface area (Å²) in [6.07, 6.45) is 1.88. The molecule has 0 bridgehead atoms. The van der Waals surface area contributed by atoms with Crippen LogP contribution in [0.4, 0.5) is 0 Å². The lowest BCUT2D eigenvalue weighted by Gasteiger charge is -2.47. The standard InChI is InChI=1S/C31H44O8/c1-10-16(5)14-21(32)37-28-24(31(9)15-36-31)23-20(13-4)25(33)27(39-30(35)18(7)12-3)22(23)19(8)26(28)38-29(34)17(6)11-2/h13-14,17-18,22-24,26-28H,8,10-12,15H2,1-7,9H3/b16-14-,20-13-/t17-,18-,22+,23-,24+,26+,27+,28-,31+/m0/s1. The molecule has 2 aliphatic carbocycles. The summed E-state index contributed by atoms with van der Waals surface area (Å²) in [6, 6.07) is 0. The zero-order valence-corrected chi connectivity index (χ0v) is 24.6. The van der Waals surface area contributed by atoms with E-state index in [2.05, 4.69) is 6.58 Å². The van der Waals surface area contributed by atoms with Crippen LogP contribution in [-0.4, -0.2) is 54.2 Å². The van der Waals surface area contributed by atoms with E-state index in [0.29, 0.717) is 37.0 Å². The highest BCUT2D eigenvalue weighted by atomic mass is 16.6. The van der Waals surface area contributed by atoms with Crippen molar-refractivity contribution in [1.29, 1.82) is 0 Å². The number of carbonyl (C=O) groups is 4. The van der Waals surface area contributed by atoms with Crippen LogP contribution in [0.15, 0.2) is 35.5 Å². The average molecular weight is 545 g/mol. The fourth-order valence-corrected chi connectivity index (χ4v) is 5.57. The molecule has 1 aliphatic heterocycles. The Hall–Kier alpha value is -2.74. The van der Waals surface area contributed by atoms with Crippen LogP contribution >= 0.6 is 0 Å². The molecule has 0 aromatic carbocycles. The van der Waals surface area contributed by atoms with Gasteiger partial charge in [0.1, 0.15) is 6.10 Å². The summed E-state index contributed by atoms with van der Waals surface area (Å²) in [5.74, 6) is -4.25. The Bertz CT molecular complexity index is 1060. The van der Waals surface area contributed by atoms with Gasteiger partial charge in [-0.15, -0.1) is 0 Å². The van der Waals surface area contributed by atoms with Gasteiger partial charge in [0.25, 0.3) is 0 Å². The van der Waals surface area contributed by atoms with Crippen molar-refractivity contribution in [3.63, 3.8) is 0 Å². The third kappa shape index (κ3) is 6.06. The van der Waals surface area contributed by atoms with Gasteiger partial charge in [0.05, 0.1) is 24.0 Å². The molecule has 2 saturated carbocycles. The van der Waals surface area contributed by atoms with Crippen LogP contribution in [0, 0.1) is 29.6 Å². The molecule has 1 saturated heterocycles. The number of Topliss-reactive ketones (excluding diaryl/α,β-unsaturated/α-hetero) is 1. The smallest absolute Gasteiger partial charge is 0.331 e. The van der Waals surface area contributed by atoms with Gasteiger partial charge in [-0.25, -0.2) is 4.79 Å². The number of ketones is 1. The van der Waals surface area contributed by atoms with Gasteiger partial charge >= 0.3 is 17.9 Å². The minimum Gasteiger partial charge on any atom is -0.454 e. The number of hydrogen-bond acceptors (Lipinski definition) is 8. The van der Waals surface area contributed by atoms with Crippen molar-refractivity contribution in [3.8, 4) is 0 Å². The van der Waals surface area contributed by atoms with Gasteiger partial charge in [0.15, 0.2) is 18.0 Å². The molecular formula is C31H44O8. The maximum atomic E-state index is 13.7. The number of rotatable bonds is 10. The molecule has 0 radical (unpaired) electrons. The molecule has 0 unspecified atom stereocenters. The van der Waals surface area contributed by atoms with E-state index in [1.165, 1.54) is 6.08 Å². The summed E-state index contributed by atoms with van der Waals surface area (Å²) in [5.41, 5.74) is 0.993. The highest BCUT2D eigenvalue weighted by Gasteiger charge is 2.67. The zero-order chi connectivity index (χ0) is 29.2. The molecule has 0 N–H and O–H groups in total. The molecule has 0 amide bonds. The summed E-state index contributed by atoms with van der Waals surface area (Å²) in [5, 5.41) is 0. The van der Waals surface area contributed by atoms with Crippen LogP contribution in [0.25, 0.3) is 0 Å². The number of allylic oxidation sites excluding steroid dienone is 2. The fraction of sp³-hybridized carbons (Fsp3) is 0.677. The summed E-state index contributed by atoms with van der Waals surface area (Å²) in [7, 11) is 0. The van der Waals surface area contributed by atoms with E-state index in [1.807, 2.05) is 34.6 Å². The number of esters is 3. The van der Waals surface area contributed by atoms with Crippen molar-refractivity contribution in [2.75, 3.05) is 6.61 Å². The molecule has 8 nitrogen and oxygen atoms in total. The highest BCUT2D eigenvalue weighted by Crippen LogP contribution is 2.58. The highest BCUT2D eigenvalue weighted by molar-refractivity contribution is 6.04. The van der Waals surface area contributed by atoms with Crippen molar-refractivity contribution in [2.45, 2.75) is 98.6 Å². The largest absolute Gasteiger partial charge is 0.454 e. The van der Waals surface area contributed by atoms with Crippen molar-refractivity contribution < 1.29 is 38.1 Å². The fourth-order valence-electron chi connectivity index (χ4n) is 5.57. The lowest BCUT2D eigenvalue weighted by atomic mass is 9.63. The molecule has 0 aromatic rings. The van der Waals surface area contributed by atoms with Crippen LogP contribution < -0.4 is 0 Å². The Labute approximate surface area is 232 Å². The zero-order valence-electron chi connectivity index (χ0n) is 24.6. The van der Waals surface area contributed by atoms with E-state index in [9.17, 15) is 19.2 Å². The number of ether oxygens (including phenoxy) is 4. The monoisotopic (exact) mass is 544 g/mol. The van der Waals surface area contributed by atoms with Crippen molar-refractivity contribution in [3.05, 3.63) is 35.5 Å². The Kier molecular flexibility index (Phi) is 9.63. The first-order chi connectivity index (χ1) is 18.3. The molecule has 1 heterocycles. The van der Waals surface area contributed by atoms with E-state index < -0.39 is 65.5 Å². The lowest BCUT2D eigenvalue weighted by Crippen LogP contribution is -2.56. The molecule has 216 valence electrons. The Morgan fingerprint density at radius 1 is 1.03 bits per heavy atom. The molecule has 9 atom stereocenters. The minimum atomic E-state index is -1.11. The maximum Gasteiger partial charge on any atom is 0.331 e.